The largest absolute Gasteiger partial charge is 0.394 e. The van der Waals surface area contributed by atoms with Gasteiger partial charge in [-0.3, -0.25) is 4.79 Å². The molecule has 0 saturated carbocycles. The van der Waals surface area contributed by atoms with E-state index in [-0.39, 0.29) is 12.5 Å². The zero-order chi connectivity index (χ0) is 46.1. The summed E-state index contributed by atoms with van der Waals surface area (Å²) in [5, 5.41) is 86.4. The van der Waals surface area contributed by atoms with Crippen molar-refractivity contribution in [3.8, 4) is 0 Å². The summed E-state index contributed by atoms with van der Waals surface area (Å²) in [6.07, 6.45) is 21.3. The summed E-state index contributed by atoms with van der Waals surface area (Å²) in [6.45, 7) is 2.78. The first kappa shape index (κ1) is 57.9. The van der Waals surface area contributed by atoms with Crippen molar-refractivity contribution in [1.82, 2.24) is 5.32 Å². The van der Waals surface area contributed by atoms with Crippen LogP contribution in [0.1, 0.15) is 200 Å². The Bertz CT molecular complexity index is 1120. The highest BCUT2D eigenvalue weighted by atomic mass is 16.7. The second kappa shape index (κ2) is 36.8. The minimum atomic E-state index is -1.78. The number of amides is 1. The lowest BCUT2D eigenvalue weighted by molar-refractivity contribution is -0.359. The fraction of sp³-hybridized carbons (Fsp3) is 0.939. The second-order valence-corrected chi connectivity index (χ2v) is 18.3. The Morgan fingerprint density at radius 3 is 1.51 bits per heavy atom. The van der Waals surface area contributed by atoms with Crippen molar-refractivity contribution >= 4 is 5.91 Å². The number of ether oxygens (including phenoxy) is 4. The Morgan fingerprint density at radius 1 is 0.556 bits per heavy atom. The lowest BCUT2D eigenvalue weighted by Crippen LogP contribution is -2.65. The maximum absolute atomic E-state index is 13.1. The van der Waals surface area contributed by atoms with E-state index in [1.54, 1.807) is 0 Å². The molecule has 0 radical (unpaired) electrons. The molecule has 0 spiro atoms. The molecule has 0 aromatic rings. The average molecular weight is 904 g/mol. The van der Waals surface area contributed by atoms with Crippen LogP contribution in [0.15, 0.2) is 12.2 Å². The number of hydrogen-bond acceptors (Lipinski definition) is 13. The van der Waals surface area contributed by atoms with Crippen molar-refractivity contribution in [1.29, 1.82) is 0 Å². The predicted octanol–water partition coefficient (Wildman–Crippen LogP) is 6.38. The molecule has 2 heterocycles. The molecule has 1 amide bonds. The van der Waals surface area contributed by atoms with E-state index in [2.05, 4.69) is 31.3 Å². The summed E-state index contributed by atoms with van der Waals surface area (Å²) in [4.78, 5) is 13.1. The average Bonchev–Trinajstić information content (AvgIpc) is 3.28. The van der Waals surface area contributed by atoms with Gasteiger partial charge in [-0.15, -0.1) is 0 Å². The topological polar surface area (TPSA) is 228 Å². The molecular formula is C49H93NO13. The van der Waals surface area contributed by atoms with Gasteiger partial charge in [0.05, 0.1) is 32.0 Å². The minimum absolute atomic E-state index is 0.212. The molecule has 12 unspecified atom stereocenters. The van der Waals surface area contributed by atoms with Crippen LogP contribution in [0.2, 0.25) is 0 Å². The van der Waals surface area contributed by atoms with E-state index in [0.717, 1.165) is 64.2 Å². The van der Waals surface area contributed by atoms with Gasteiger partial charge in [-0.05, 0) is 38.5 Å². The Morgan fingerprint density at radius 2 is 1.00 bits per heavy atom. The van der Waals surface area contributed by atoms with E-state index in [0.29, 0.717) is 12.8 Å². The lowest BCUT2D eigenvalue weighted by Gasteiger charge is -2.46. The Labute approximate surface area is 380 Å². The van der Waals surface area contributed by atoms with Crippen LogP contribution in [-0.4, -0.2) is 140 Å². The monoisotopic (exact) mass is 904 g/mol. The summed E-state index contributed by atoms with van der Waals surface area (Å²) >= 11 is 0. The van der Waals surface area contributed by atoms with Gasteiger partial charge in [-0.1, -0.05) is 167 Å². The maximum atomic E-state index is 13.1. The Kier molecular flexibility index (Phi) is 33.8. The summed E-state index contributed by atoms with van der Waals surface area (Å²) in [5.74, 6) is -0.212. The molecule has 0 aromatic carbocycles. The van der Waals surface area contributed by atoms with Crippen molar-refractivity contribution in [3.05, 3.63) is 12.2 Å². The molecule has 14 heteroatoms. The molecule has 2 aliphatic heterocycles. The minimum Gasteiger partial charge on any atom is -0.394 e. The van der Waals surface area contributed by atoms with Gasteiger partial charge in [-0.25, -0.2) is 0 Å². The molecule has 2 rings (SSSR count). The third-order valence-electron chi connectivity index (χ3n) is 12.7. The van der Waals surface area contributed by atoms with Gasteiger partial charge >= 0.3 is 0 Å². The summed E-state index contributed by atoms with van der Waals surface area (Å²) in [7, 11) is 0. The fourth-order valence-electron chi connectivity index (χ4n) is 8.52. The number of aliphatic hydroxyl groups is 8. The first-order valence-electron chi connectivity index (χ1n) is 25.4. The molecule has 9 N–H and O–H groups in total. The molecule has 2 saturated heterocycles. The zero-order valence-corrected chi connectivity index (χ0v) is 39.3. The second-order valence-electron chi connectivity index (χ2n) is 18.3. The standard InChI is InChI=1S/C49H93NO13/c1-3-5-7-9-11-12-13-14-15-16-17-18-19-20-21-22-23-24-25-26-27-29-31-33-41(54)50-37(38(53)32-30-28-10-8-6-4-2)36-60-48-46(59)44(57)47(40(35-52)62-48)63-49-45(58)43(56)42(55)39(34-51)61-49/h16-17,37-40,42-49,51-53,55-59H,3-15,18-36H2,1-2H3,(H,50,54)/b17-16-. The van der Waals surface area contributed by atoms with Crippen LogP contribution < -0.4 is 5.32 Å². The number of carbonyl (C=O) groups excluding carboxylic acids is 1. The highest BCUT2D eigenvalue weighted by molar-refractivity contribution is 5.76. The van der Waals surface area contributed by atoms with E-state index < -0.39 is 86.8 Å². The highest BCUT2D eigenvalue weighted by Gasteiger charge is 2.51. The highest BCUT2D eigenvalue weighted by Crippen LogP contribution is 2.30. The van der Waals surface area contributed by atoms with E-state index >= 15 is 0 Å². The van der Waals surface area contributed by atoms with Crippen molar-refractivity contribution in [2.24, 2.45) is 0 Å². The van der Waals surface area contributed by atoms with Gasteiger partial charge in [0, 0.05) is 6.42 Å². The molecule has 2 aliphatic rings. The van der Waals surface area contributed by atoms with Crippen LogP contribution in [0, 0.1) is 0 Å². The number of aliphatic hydroxyl groups excluding tert-OH is 8. The number of allylic oxidation sites excluding steroid dienone is 2. The van der Waals surface area contributed by atoms with Crippen molar-refractivity contribution in [2.75, 3.05) is 19.8 Å². The maximum Gasteiger partial charge on any atom is 0.220 e. The molecule has 2 fully saturated rings. The lowest BCUT2D eigenvalue weighted by atomic mass is 9.97. The van der Waals surface area contributed by atoms with Gasteiger partial charge in [0.15, 0.2) is 12.6 Å². The number of rotatable bonds is 39. The van der Waals surface area contributed by atoms with Gasteiger partial charge < -0.3 is 65.1 Å². The summed E-state index contributed by atoms with van der Waals surface area (Å²) in [5.41, 5.74) is 0. The molecule has 0 aromatic heterocycles. The van der Waals surface area contributed by atoms with Crippen molar-refractivity contribution < 1.29 is 64.6 Å². The van der Waals surface area contributed by atoms with Gasteiger partial charge in [0.25, 0.3) is 0 Å². The fourth-order valence-corrected chi connectivity index (χ4v) is 8.52. The van der Waals surface area contributed by atoms with Gasteiger partial charge in [0.2, 0.25) is 5.91 Å². The Balaban J connectivity index is 1.69. The zero-order valence-electron chi connectivity index (χ0n) is 39.3. The quantitative estimate of drug-likeness (QED) is 0.0241. The van der Waals surface area contributed by atoms with Gasteiger partial charge in [0.1, 0.15) is 48.8 Å². The van der Waals surface area contributed by atoms with Gasteiger partial charge in [-0.2, -0.15) is 0 Å². The Hall–Kier alpha value is -1.27. The van der Waals surface area contributed by atoms with E-state index in [9.17, 15) is 45.6 Å². The first-order chi connectivity index (χ1) is 30.6. The number of carbonyl (C=O) groups is 1. The van der Waals surface area contributed by atoms with Crippen LogP contribution in [0.25, 0.3) is 0 Å². The van der Waals surface area contributed by atoms with Crippen LogP contribution in [-0.2, 0) is 23.7 Å². The third kappa shape index (κ3) is 24.4. The summed E-state index contributed by atoms with van der Waals surface area (Å²) < 4.78 is 22.6. The van der Waals surface area contributed by atoms with Crippen LogP contribution in [0.3, 0.4) is 0 Å². The molecule has 0 aliphatic carbocycles. The van der Waals surface area contributed by atoms with E-state index in [4.69, 9.17) is 18.9 Å². The number of hydrogen-bond donors (Lipinski definition) is 9. The van der Waals surface area contributed by atoms with Crippen LogP contribution in [0.5, 0.6) is 0 Å². The van der Waals surface area contributed by atoms with Crippen molar-refractivity contribution in [3.63, 3.8) is 0 Å². The normalized spacial score (nSPS) is 27.5. The third-order valence-corrected chi connectivity index (χ3v) is 12.7. The molecule has 12 atom stereocenters. The predicted molar refractivity (Wildman–Crippen MR) is 245 cm³/mol. The van der Waals surface area contributed by atoms with E-state index in [1.165, 1.54) is 109 Å². The molecule has 0 bridgehead atoms. The SMILES string of the molecule is CCCCCCCCCC/C=C\CCCCCCCCCCCCCC(=O)NC(COC1OC(CO)C(OC2OC(CO)C(O)C(O)C2O)C(O)C1O)C(O)CCCCCCCC. The van der Waals surface area contributed by atoms with Crippen LogP contribution >= 0.6 is 0 Å². The summed E-state index contributed by atoms with van der Waals surface area (Å²) in [6, 6.07) is -0.822. The van der Waals surface area contributed by atoms with E-state index in [1.807, 2.05) is 0 Å². The molecular weight excluding hydrogens is 811 g/mol. The molecule has 14 nitrogen and oxygen atoms in total. The molecule has 63 heavy (non-hydrogen) atoms. The first-order valence-corrected chi connectivity index (χ1v) is 25.4. The number of nitrogens with one attached hydrogen (secondary N) is 1. The smallest absolute Gasteiger partial charge is 0.220 e. The van der Waals surface area contributed by atoms with Crippen LogP contribution in [0.4, 0.5) is 0 Å². The molecule has 372 valence electrons. The number of unbranched alkanes of at least 4 members (excludes halogenated alkanes) is 24. The van der Waals surface area contributed by atoms with Crippen molar-refractivity contribution in [2.45, 2.75) is 274 Å².